The van der Waals surface area contributed by atoms with Gasteiger partial charge >= 0.3 is 0 Å². The second kappa shape index (κ2) is 7.44. The van der Waals surface area contributed by atoms with Crippen molar-refractivity contribution in [3.63, 3.8) is 0 Å². The van der Waals surface area contributed by atoms with E-state index in [-0.39, 0.29) is 0 Å². The smallest absolute Gasteiger partial charge is 0.138 e. The maximum atomic E-state index is 5.44. The number of ether oxygens (including phenoxy) is 2. The molecule has 5 heteroatoms. The zero-order chi connectivity index (χ0) is 20.5. The molecule has 30 heavy (non-hydrogen) atoms. The summed E-state index contributed by atoms with van der Waals surface area (Å²) >= 11 is 0. The molecule has 0 bridgehead atoms. The maximum absolute atomic E-state index is 5.44. The minimum absolute atomic E-state index is 0.816. The lowest BCUT2D eigenvalue weighted by molar-refractivity contribution is 0.415. The van der Waals surface area contributed by atoms with Crippen LogP contribution in [0.25, 0.3) is 44.8 Å². The third kappa shape index (κ3) is 3.10. The van der Waals surface area contributed by atoms with Crippen LogP contribution < -0.4 is 9.47 Å². The topological polar surface area (TPSA) is 62.9 Å². The average molecular weight is 395 g/mol. The quantitative estimate of drug-likeness (QED) is 0.389. The van der Waals surface area contributed by atoms with Crippen LogP contribution in [0.4, 0.5) is 0 Å². The summed E-state index contributed by atoms with van der Waals surface area (Å²) in [5.74, 6) is 2.46. The Balaban J connectivity index is 1.73. The van der Waals surface area contributed by atoms with Gasteiger partial charge in [0.15, 0.2) is 0 Å². The Labute approximate surface area is 174 Å². The minimum Gasteiger partial charge on any atom is -0.497 e. The van der Waals surface area contributed by atoms with Gasteiger partial charge in [0.2, 0.25) is 0 Å². The third-order valence-corrected chi connectivity index (χ3v) is 5.27. The number of rotatable bonds is 5. The summed E-state index contributed by atoms with van der Waals surface area (Å²) < 4.78 is 10.8. The van der Waals surface area contributed by atoms with Crippen LogP contribution in [0, 0.1) is 0 Å². The molecule has 0 aliphatic rings. The lowest BCUT2D eigenvalue weighted by Gasteiger charge is -2.05. The van der Waals surface area contributed by atoms with Crippen molar-refractivity contribution < 1.29 is 9.47 Å². The fourth-order valence-corrected chi connectivity index (χ4v) is 3.69. The van der Waals surface area contributed by atoms with E-state index >= 15 is 0 Å². The molecule has 2 aromatic heterocycles. The van der Waals surface area contributed by atoms with E-state index in [0.717, 1.165) is 56.3 Å². The number of nitrogens with zero attached hydrogens (tertiary/aromatic N) is 1. The highest BCUT2D eigenvalue weighted by atomic mass is 16.5. The fraction of sp³-hybridized carbons (Fsp3) is 0.0800. The van der Waals surface area contributed by atoms with Crippen molar-refractivity contribution in [1.29, 1.82) is 0 Å². The van der Waals surface area contributed by atoms with Crippen LogP contribution in [-0.4, -0.2) is 29.2 Å². The number of H-pyrrole nitrogens is 2. The highest BCUT2D eigenvalue weighted by molar-refractivity contribution is 5.99. The highest BCUT2D eigenvalue weighted by Gasteiger charge is 2.18. The molecule has 0 aliphatic heterocycles. The number of aromatic amines is 2. The Hall–Kier alpha value is -3.99. The lowest BCUT2D eigenvalue weighted by Crippen LogP contribution is -1.86. The number of fused-ring (bicyclic) bond motifs is 1. The van der Waals surface area contributed by atoms with Crippen molar-refractivity contribution in [2.45, 2.75) is 0 Å². The second-order valence-electron chi connectivity index (χ2n) is 7.02. The Kier molecular flexibility index (Phi) is 4.48. The molecule has 5 nitrogen and oxygen atoms in total. The summed E-state index contributed by atoms with van der Waals surface area (Å²) in [6.45, 7) is 0. The Morgan fingerprint density at radius 2 is 1.50 bits per heavy atom. The molecule has 0 radical (unpaired) electrons. The monoisotopic (exact) mass is 395 g/mol. The standard InChI is InChI=1S/C25H21N3O2/c1-29-18-10-8-16(9-11-18)23-24(28-25(27-23)17-6-4-3-5-7-17)21-15-26-22-13-12-19(30-2)14-20(21)22/h3-15,26H,1-2H3,(H,27,28). The molecule has 0 unspecified atom stereocenters. The molecule has 0 atom stereocenters. The molecule has 0 saturated heterocycles. The highest BCUT2D eigenvalue weighted by Crippen LogP contribution is 2.38. The summed E-state index contributed by atoms with van der Waals surface area (Å²) in [7, 11) is 3.35. The second-order valence-corrected chi connectivity index (χ2v) is 7.02. The van der Waals surface area contributed by atoms with Crippen molar-refractivity contribution in [3.05, 3.63) is 79.0 Å². The number of aromatic nitrogens is 3. The van der Waals surface area contributed by atoms with Crippen LogP contribution in [0.15, 0.2) is 79.0 Å². The zero-order valence-electron chi connectivity index (χ0n) is 16.8. The van der Waals surface area contributed by atoms with Gasteiger partial charge in [0.1, 0.15) is 17.3 Å². The molecule has 5 rings (SSSR count). The molecule has 5 aromatic rings. The van der Waals surface area contributed by atoms with E-state index in [2.05, 4.69) is 22.1 Å². The number of methoxy groups -OCH3 is 2. The first-order valence-electron chi connectivity index (χ1n) is 9.72. The molecule has 148 valence electrons. The SMILES string of the molecule is COc1ccc(-c2nc(-c3ccccc3)[nH]c2-c2c[nH]c3ccc(OC)cc23)cc1. The fourth-order valence-electron chi connectivity index (χ4n) is 3.69. The van der Waals surface area contributed by atoms with Crippen LogP contribution in [0.5, 0.6) is 11.5 Å². The Morgan fingerprint density at radius 1 is 0.767 bits per heavy atom. The van der Waals surface area contributed by atoms with E-state index in [1.54, 1.807) is 14.2 Å². The first kappa shape index (κ1) is 18.1. The molecular formula is C25H21N3O2. The van der Waals surface area contributed by atoms with E-state index in [9.17, 15) is 0 Å². The van der Waals surface area contributed by atoms with E-state index < -0.39 is 0 Å². The minimum atomic E-state index is 0.816. The van der Waals surface area contributed by atoms with E-state index in [4.69, 9.17) is 14.5 Å². The number of hydrogen-bond donors (Lipinski definition) is 2. The van der Waals surface area contributed by atoms with Gasteiger partial charge in [0.05, 0.1) is 25.6 Å². The number of hydrogen-bond acceptors (Lipinski definition) is 3. The predicted molar refractivity (Wildman–Crippen MR) is 120 cm³/mol. The number of nitrogens with one attached hydrogen (secondary N) is 2. The van der Waals surface area contributed by atoms with Gasteiger partial charge in [0.25, 0.3) is 0 Å². The summed E-state index contributed by atoms with van der Waals surface area (Å²) in [5, 5.41) is 1.08. The Bertz CT molecular complexity index is 1300. The largest absolute Gasteiger partial charge is 0.497 e. The number of benzene rings is 3. The van der Waals surface area contributed by atoms with Gasteiger partial charge in [0, 0.05) is 33.8 Å². The van der Waals surface area contributed by atoms with Crippen molar-refractivity contribution in [3.8, 4) is 45.4 Å². The van der Waals surface area contributed by atoms with Crippen molar-refractivity contribution >= 4 is 10.9 Å². The van der Waals surface area contributed by atoms with Gasteiger partial charge in [-0.3, -0.25) is 0 Å². The van der Waals surface area contributed by atoms with Gasteiger partial charge < -0.3 is 19.4 Å². The van der Waals surface area contributed by atoms with Gasteiger partial charge in [-0.15, -0.1) is 0 Å². The molecule has 0 amide bonds. The molecule has 0 fully saturated rings. The molecular weight excluding hydrogens is 374 g/mol. The zero-order valence-corrected chi connectivity index (χ0v) is 16.8. The summed E-state index contributed by atoms with van der Waals surface area (Å²) in [6.07, 6.45) is 2.01. The number of imidazole rings is 1. The van der Waals surface area contributed by atoms with E-state index in [0.29, 0.717) is 0 Å². The van der Waals surface area contributed by atoms with E-state index in [1.807, 2.05) is 66.9 Å². The summed E-state index contributed by atoms with van der Waals surface area (Å²) in [4.78, 5) is 11.9. The van der Waals surface area contributed by atoms with Crippen LogP contribution >= 0.6 is 0 Å². The van der Waals surface area contributed by atoms with Crippen LogP contribution in [0.3, 0.4) is 0 Å². The average Bonchev–Trinajstić information content (AvgIpc) is 3.43. The van der Waals surface area contributed by atoms with Gasteiger partial charge in [-0.1, -0.05) is 30.3 Å². The molecule has 0 aliphatic carbocycles. The van der Waals surface area contributed by atoms with Gasteiger partial charge in [-0.2, -0.15) is 0 Å². The molecule has 2 heterocycles. The van der Waals surface area contributed by atoms with Gasteiger partial charge in [-0.25, -0.2) is 4.98 Å². The molecule has 0 saturated carbocycles. The first-order valence-corrected chi connectivity index (χ1v) is 9.72. The molecule has 3 aromatic carbocycles. The van der Waals surface area contributed by atoms with Crippen molar-refractivity contribution in [2.24, 2.45) is 0 Å². The molecule has 2 N–H and O–H groups in total. The lowest BCUT2D eigenvalue weighted by atomic mass is 10.0. The van der Waals surface area contributed by atoms with Gasteiger partial charge in [-0.05, 0) is 42.5 Å². The third-order valence-electron chi connectivity index (χ3n) is 5.27. The Morgan fingerprint density at radius 3 is 2.23 bits per heavy atom. The predicted octanol–water partition coefficient (Wildman–Crippen LogP) is 5.91. The maximum Gasteiger partial charge on any atom is 0.138 e. The first-order chi connectivity index (χ1) is 14.8. The molecule has 0 spiro atoms. The summed E-state index contributed by atoms with van der Waals surface area (Å²) in [5.41, 5.74) is 5.99. The summed E-state index contributed by atoms with van der Waals surface area (Å²) in [6, 6.07) is 24.1. The van der Waals surface area contributed by atoms with Crippen LogP contribution in [0.1, 0.15) is 0 Å². The van der Waals surface area contributed by atoms with Crippen LogP contribution in [0.2, 0.25) is 0 Å². The normalized spacial score (nSPS) is 11.0. The van der Waals surface area contributed by atoms with E-state index in [1.165, 1.54) is 0 Å². The van der Waals surface area contributed by atoms with Crippen LogP contribution in [-0.2, 0) is 0 Å². The van der Waals surface area contributed by atoms with Crippen molar-refractivity contribution in [2.75, 3.05) is 14.2 Å². The van der Waals surface area contributed by atoms with Crippen molar-refractivity contribution in [1.82, 2.24) is 15.0 Å².